The van der Waals surface area contributed by atoms with Crippen LogP contribution in [0, 0.1) is 0 Å². The highest BCUT2D eigenvalue weighted by atomic mass is 32.2. The fourth-order valence-corrected chi connectivity index (χ4v) is 3.70. The number of benzene rings is 1. The fraction of sp³-hybridized carbons (Fsp3) is 0.222. The van der Waals surface area contributed by atoms with Gasteiger partial charge in [-0.25, -0.2) is 8.42 Å². The van der Waals surface area contributed by atoms with Gasteiger partial charge in [0.25, 0.3) is 0 Å². The lowest BCUT2D eigenvalue weighted by atomic mass is 10.1. The smallest absolute Gasteiger partial charge is 0.243 e. The highest BCUT2D eigenvalue weighted by Crippen LogP contribution is 2.16. The average molecular weight is 344 g/mol. The Hall–Kier alpha value is -2.31. The van der Waals surface area contributed by atoms with E-state index in [0.29, 0.717) is 18.7 Å². The molecule has 2 aromatic rings. The molecular weight excluding hydrogens is 324 g/mol. The van der Waals surface area contributed by atoms with Crippen molar-refractivity contribution in [3.05, 3.63) is 66.0 Å². The van der Waals surface area contributed by atoms with Gasteiger partial charge in [0, 0.05) is 31.0 Å². The van der Waals surface area contributed by atoms with E-state index in [2.05, 4.69) is 4.98 Å². The van der Waals surface area contributed by atoms with Gasteiger partial charge in [0.05, 0.1) is 4.90 Å². The summed E-state index contributed by atoms with van der Waals surface area (Å²) in [5.41, 5.74) is 1.26. The van der Waals surface area contributed by atoms with Crippen LogP contribution in [-0.4, -0.2) is 36.6 Å². The van der Waals surface area contributed by atoms with Crippen LogP contribution in [0.15, 0.2) is 59.8 Å². The van der Waals surface area contributed by atoms with Gasteiger partial charge in [-0.15, -0.1) is 0 Å². The van der Waals surface area contributed by atoms with E-state index in [1.165, 1.54) is 34.6 Å². The lowest BCUT2D eigenvalue weighted by Crippen LogP contribution is -2.30. The quantitative estimate of drug-likeness (QED) is 0.572. The highest BCUT2D eigenvalue weighted by molar-refractivity contribution is 7.89. The molecule has 2 rings (SSSR count). The van der Waals surface area contributed by atoms with Crippen LogP contribution in [0.4, 0.5) is 0 Å². The van der Waals surface area contributed by atoms with Gasteiger partial charge in [-0.1, -0.05) is 19.9 Å². The van der Waals surface area contributed by atoms with Crippen molar-refractivity contribution in [2.45, 2.75) is 18.7 Å². The maximum atomic E-state index is 12.4. The maximum Gasteiger partial charge on any atom is 0.243 e. The maximum absolute atomic E-state index is 12.4. The summed E-state index contributed by atoms with van der Waals surface area (Å²) in [6.07, 6.45) is 6.44. The molecule has 0 aliphatic heterocycles. The van der Waals surface area contributed by atoms with Gasteiger partial charge in [-0.2, -0.15) is 4.31 Å². The third-order valence-electron chi connectivity index (χ3n) is 3.59. The van der Waals surface area contributed by atoms with Crippen molar-refractivity contribution in [2.24, 2.45) is 0 Å². The van der Waals surface area contributed by atoms with Gasteiger partial charge in [-0.3, -0.25) is 9.78 Å². The van der Waals surface area contributed by atoms with E-state index >= 15 is 0 Å². The first-order chi connectivity index (χ1) is 11.5. The molecule has 1 heterocycles. The van der Waals surface area contributed by atoms with Gasteiger partial charge < -0.3 is 0 Å². The van der Waals surface area contributed by atoms with Gasteiger partial charge in [0.15, 0.2) is 5.78 Å². The largest absolute Gasteiger partial charge is 0.289 e. The van der Waals surface area contributed by atoms with Crippen LogP contribution >= 0.6 is 0 Å². The average Bonchev–Trinajstić information content (AvgIpc) is 2.61. The molecule has 1 aromatic heterocycles. The van der Waals surface area contributed by atoms with Crippen molar-refractivity contribution < 1.29 is 13.2 Å². The van der Waals surface area contributed by atoms with Crippen LogP contribution < -0.4 is 0 Å². The fourth-order valence-electron chi connectivity index (χ4n) is 2.25. The minimum absolute atomic E-state index is 0.189. The number of sulfonamides is 1. The van der Waals surface area contributed by atoms with Crippen molar-refractivity contribution in [2.75, 3.05) is 13.1 Å². The molecule has 0 spiro atoms. The zero-order valence-electron chi connectivity index (χ0n) is 13.7. The standard InChI is InChI=1S/C18H20N2O3S/c1-3-20(4-2)24(22,23)17-10-8-16(9-11-17)18(21)12-7-15-6-5-13-19-14-15/h5-14H,3-4H2,1-2H3/b12-7+. The lowest BCUT2D eigenvalue weighted by molar-refractivity contribution is 0.104. The number of rotatable bonds is 7. The first kappa shape index (κ1) is 18.0. The summed E-state index contributed by atoms with van der Waals surface area (Å²) >= 11 is 0. The Bertz CT molecular complexity index is 809. The molecule has 24 heavy (non-hydrogen) atoms. The number of carbonyl (C=O) groups excluding carboxylic acids is 1. The summed E-state index contributed by atoms with van der Waals surface area (Å²) in [6.45, 7) is 4.41. The van der Waals surface area contributed by atoms with Crippen molar-refractivity contribution in [1.82, 2.24) is 9.29 Å². The molecule has 5 nitrogen and oxygen atoms in total. The van der Waals surface area contributed by atoms with Gasteiger partial charge >= 0.3 is 0 Å². The van der Waals surface area contributed by atoms with Crippen LogP contribution in [0.3, 0.4) is 0 Å². The van der Waals surface area contributed by atoms with E-state index in [0.717, 1.165) is 5.56 Å². The predicted octanol–water partition coefficient (Wildman–Crippen LogP) is 3.01. The van der Waals surface area contributed by atoms with Crippen LogP contribution in [-0.2, 0) is 10.0 Å². The number of carbonyl (C=O) groups is 1. The van der Waals surface area contributed by atoms with E-state index in [1.807, 2.05) is 6.07 Å². The van der Waals surface area contributed by atoms with Gasteiger partial charge in [-0.05, 0) is 48.0 Å². The van der Waals surface area contributed by atoms with Crippen molar-refractivity contribution in [3.63, 3.8) is 0 Å². The Morgan fingerprint density at radius 2 is 1.79 bits per heavy atom. The second kappa shape index (κ2) is 7.99. The molecule has 1 aromatic carbocycles. The minimum atomic E-state index is -3.50. The zero-order valence-corrected chi connectivity index (χ0v) is 14.5. The van der Waals surface area contributed by atoms with Crippen molar-refractivity contribution >= 4 is 21.9 Å². The highest BCUT2D eigenvalue weighted by Gasteiger charge is 2.21. The third-order valence-corrected chi connectivity index (χ3v) is 5.66. The number of hydrogen-bond acceptors (Lipinski definition) is 4. The molecule has 0 atom stereocenters. The second-order valence-electron chi connectivity index (χ2n) is 5.10. The summed E-state index contributed by atoms with van der Waals surface area (Å²) in [6, 6.07) is 9.64. The van der Waals surface area contributed by atoms with Crippen LogP contribution in [0.1, 0.15) is 29.8 Å². The summed E-state index contributed by atoms with van der Waals surface area (Å²) in [5.74, 6) is -0.189. The molecule has 0 aliphatic rings. The third kappa shape index (κ3) is 4.15. The van der Waals surface area contributed by atoms with Crippen molar-refractivity contribution in [3.8, 4) is 0 Å². The Labute approximate surface area is 142 Å². The molecule has 0 fully saturated rings. The van der Waals surface area contributed by atoms with E-state index in [-0.39, 0.29) is 10.7 Å². The summed E-state index contributed by atoms with van der Waals surface area (Å²) in [5, 5.41) is 0. The number of hydrogen-bond donors (Lipinski definition) is 0. The van der Waals surface area contributed by atoms with Crippen LogP contribution in [0.5, 0.6) is 0 Å². The lowest BCUT2D eigenvalue weighted by Gasteiger charge is -2.18. The number of pyridine rings is 1. The molecule has 0 saturated carbocycles. The Morgan fingerprint density at radius 1 is 1.12 bits per heavy atom. The summed E-state index contributed by atoms with van der Waals surface area (Å²) in [4.78, 5) is 16.3. The first-order valence-corrected chi connectivity index (χ1v) is 9.15. The van der Waals surface area contributed by atoms with Crippen LogP contribution in [0.2, 0.25) is 0 Å². The number of ketones is 1. The molecule has 0 aliphatic carbocycles. The number of allylic oxidation sites excluding steroid dienone is 1. The predicted molar refractivity (Wildman–Crippen MR) is 94.2 cm³/mol. The molecule has 0 bridgehead atoms. The number of aromatic nitrogens is 1. The summed E-state index contributed by atoms with van der Waals surface area (Å²) < 4.78 is 26.2. The molecule has 0 N–H and O–H groups in total. The van der Waals surface area contributed by atoms with Gasteiger partial charge in [0.2, 0.25) is 10.0 Å². The Morgan fingerprint density at radius 3 is 2.33 bits per heavy atom. The SMILES string of the molecule is CCN(CC)S(=O)(=O)c1ccc(C(=O)/C=C/c2cccnc2)cc1. The van der Waals surface area contributed by atoms with E-state index in [9.17, 15) is 13.2 Å². The Balaban J connectivity index is 2.17. The molecule has 6 heteroatoms. The zero-order chi connectivity index (χ0) is 17.6. The molecule has 0 amide bonds. The minimum Gasteiger partial charge on any atom is -0.289 e. The van der Waals surface area contributed by atoms with E-state index in [4.69, 9.17) is 0 Å². The molecule has 126 valence electrons. The van der Waals surface area contributed by atoms with Gasteiger partial charge in [0.1, 0.15) is 0 Å². The Kier molecular flexibility index (Phi) is 6.00. The summed E-state index contributed by atoms with van der Waals surface area (Å²) in [7, 11) is -3.50. The molecule has 0 unspecified atom stereocenters. The number of nitrogens with zero attached hydrogens (tertiary/aromatic N) is 2. The van der Waals surface area contributed by atoms with E-state index < -0.39 is 10.0 Å². The topological polar surface area (TPSA) is 67.3 Å². The molecule has 0 saturated heterocycles. The van der Waals surface area contributed by atoms with Crippen LogP contribution in [0.25, 0.3) is 6.08 Å². The second-order valence-corrected chi connectivity index (χ2v) is 7.04. The van der Waals surface area contributed by atoms with Crippen molar-refractivity contribution in [1.29, 1.82) is 0 Å². The molecule has 0 radical (unpaired) electrons. The first-order valence-electron chi connectivity index (χ1n) is 7.71. The monoisotopic (exact) mass is 344 g/mol. The molecular formula is C18H20N2O3S. The van der Waals surface area contributed by atoms with E-state index in [1.54, 1.807) is 38.4 Å². The normalized spacial score (nSPS) is 12.0.